The van der Waals surface area contributed by atoms with Crippen LogP contribution < -0.4 is 0 Å². The molecule has 2 aliphatic heterocycles. The Bertz CT molecular complexity index is 474. The van der Waals surface area contributed by atoms with Gasteiger partial charge in [-0.25, -0.2) is 0 Å². The maximum Gasteiger partial charge on any atom is 0.0919 e. The van der Waals surface area contributed by atoms with Gasteiger partial charge in [0.25, 0.3) is 0 Å². The second-order valence-corrected chi connectivity index (χ2v) is 7.56. The molecule has 2 heterocycles. The minimum atomic E-state index is -0.438. The van der Waals surface area contributed by atoms with Gasteiger partial charge in [-0.15, -0.1) is 0 Å². The van der Waals surface area contributed by atoms with E-state index in [0.29, 0.717) is 0 Å². The Kier molecular flexibility index (Phi) is 5.68. The summed E-state index contributed by atoms with van der Waals surface area (Å²) in [5.41, 5.74) is 3.52. The van der Waals surface area contributed by atoms with Crippen molar-refractivity contribution in [3.63, 3.8) is 0 Å². The molecule has 1 saturated heterocycles. The molecule has 0 aromatic rings. The van der Waals surface area contributed by atoms with E-state index in [-0.39, 0.29) is 12.0 Å². The molecule has 1 fully saturated rings. The second-order valence-electron chi connectivity index (χ2n) is 7.56. The maximum atomic E-state index is 10.6. The fraction of sp³-hybridized carbons (Fsp3) is 0.700. The van der Waals surface area contributed by atoms with Gasteiger partial charge in [0, 0.05) is 5.92 Å². The van der Waals surface area contributed by atoms with Gasteiger partial charge in [-0.1, -0.05) is 35.5 Å². The van der Waals surface area contributed by atoms with Crippen molar-refractivity contribution in [2.45, 2.75) is 84.0 Å². The molecule has 0 radical (unpaired) electrons. The summed E-state index contributed by atoms with van der Waals surface area (Å²) in [5.74, 6) is 0.256. The van der Waals surface area contributed by atoms with Crippen LogP contribution in [0.5, 0.6) is 0 Å². The third-order valence-corrected chi connectivity index (χ3v) is 5.37. The fourth-order valence-electron chi connectivity index (χ4n) is 3.73. The van der Waals surface area contributed by atoms with Crippen LogP contribution in [0.4, 0.5) is 0 Å². The SMILES string of the molecule is C=C(C)[C@H]1C[C@H](O)[C@]2(C)CC/C=C(\C)CC/C=C(\C)C[C@@H]1O2. The lowest BCUT2D eigenvalue weighted by Crippen LogP contribution is -2.52. The molecule has 2 bridgehead atoms. The minimum absolute atomic E-state index is 0.145. The summed E-state index contributed by atoms with van der Waals surface area (Å²) in [6.45, 7) is 12.7. The third kappa shape index (κ3) is 4.11. The zero-order chi connectivity index (χ0) is 16.3. The smallest absolute Gasteiger partial charge is 0.0919 e. The lowest BCUT2D eigenvalue weighted by atomic mass is 9.77. The Hall–Kier alpha value is -0.860. The number of hydrogen-bond acceptors (Lipinski definition) is 2. The van der Waals surface area contributed by atoms with E-state index in [9.17, 15) is 5.11 Å². The summed E-state index contributed by atoms with van der Waals surface area (Å²) in [6, 6.07) is 0. The number of rotatable bonds is 1. The van der Waals surface area contributed by atoms with E-state index in [1.807, 2.05) is 0 Å². The van der Waals surface area contributed by atoms with Gasteiger partial charge in [-0.3, -0.25) is 0 Å². The van der Waals surface area contributed by atoms with Crippen molar-refractivity contribution >= 4 is 0 Å². The zero-order valence-electron chi connectivity index (χ0n) is 14.7. The highest BCUT2D eigenvalue weighted by Gasteiger charge is 2.44. The highest BCUT2D eigenvalue weighted by molar-refractivity contribution is 5.12. The second kappa shape index (κ2) is 7.14. The van der Waals surface area contributed by atoms with Gasteiger partial charge in [0.15, 0.2) is 0 Å². The van der Waals surface area contributed by atoms with Crippen molar-refractivity contribution in [1.29, 1.82) is 0 Å². The molecule has 0 aromatic carbocycles. The van der Waals surface area contributed by atoms with Gasteiger partial charge in [0.1, 0.15) is 0 Å². The number of fused-ring (bicyclic) bond motifs is 2. The quantitative estimate of drug-likeness (QED) is 0.695. The molecule has 0 aromatic heterocycles. The van der Waals surface area contributed by atoms with Crippen LogP contribution in [0.2, 0.25) is 0 Å². The number of allylic oxidation sites excluding steroid dienone is 3. The van der Waals surface area contributed by atoms with Crippen LogP contribution in [0, 0.1) is 5.92 Å². The predicted molar refractivity (Wildman–Crippen MR) is 92.8 cm³/mol. The van der Waals surface area contributed by atoms with Gasteiger partial charge in [-0.2, -0.15) is 0 Å². The summed E-state index contributed by atoms with van der Waals surface area (Å²) in [5, 5.41) is 10.6. The molecule has 2 heteroatoms. The molecular formula is C20H32O2. The highest BCUT2D eigenvalue weighted by atomic mass is 16.5. The Morgan fingerprint density at radius 2 is 1.95 bits per heavy atom. The number of aliphatic hydroxyl groups excluding tert-OH is 1. The molecule has 2 nitrogen and oxygen atoms in total. The summed E-state index contributed by atoms with van der Waals surface area (Å²) < 4.78 is 6.46. The maximum absolute atomic E-state index is 10.6. The summed E-state index contributed by atoms with van der Waals surface area (Å²) in [6.07, 6.45) is 10.2. The normalized spacial score (nSPS) is 42.1. The lowest BCUT2D eigenvalue weighted by molar-refractivity contribution is -0.198. The van der Waals surface area contributed by atoms with Crippen molar-refractivity contribution < 1.29 is 9.84 Å². The lowest BCUT2D eigenvalue weighted by Gasteiger charge is -2.47. The first-order valence-corrected chi connectivity index (χ1v) is 8.64. The first-order chi connectivity index (χ1) is 10.3. The van der Waals surface area contributed by atoms with Crippen LogP contribution in [0.3, 0.4) is 0 Å². The molecule has 0 saturated carbocycles. The van der Waals surface area contributed by atoms with E-state index in [4.69, 9.17) is 4.74 Å². The van der Waals surface area contributed by atoms with Crippen LogP contribution in [0.25, 0.3) is 0 Å². The van der Waals surface area contributed by atoms with E-state index in [0.717, 1.165) is 44.1 Å². The van der Waals surface area contributed by atoms with Crippen LogP contribution >= 0.6 is 0 Å². The first-order valence-electron chi connectivity index (χ1n) is 8.64. The van der Waals surface area contributed by atoms with Crippen LogP contribution in [-0.4, -0.2) is 22.9 Å². The Balaban J connectivity index is 2.27. The van der Waals surface area contributed by atoms with Crippen LogP contribution in [0.1, 0.15) is 66.2 Å². The van der Waals surface area contributed by atoms with Gasteiger partial charge in [-0.05, 0) is 66.2 Å². The van der Waals surface area contributed by atoms with Gasteiger partial charge < -0.3 is 9.84 Å². The highest BCUT2D eigenvalue weighted by Crippen LogP contribution is 2.41. The van der Waals surface area contributed by atoms with Gasteiger partial charge >= 0.3 is 0 Å². The largest absolute Gasteiger partial charge is 0.390 e. The molecule has 0 unspecified atom stereocenters. The van der Waals surface area contributed by atoms with Crippen molar-refractivity contribution in [3.8, 4) is 0 Å². The molecule has 0 spiro atoms. The number of hydrogen-bond donors (Lipinski definition) is 1. The van der Waals surface area contributed by atoms with Crippen molar-refractivity contribution in [1.82, 2.24) is 0 Å². The standard InChI is InChI=1S/C20H32O2/c1-14(2)17-13-19(21)20(5)11-7-10-15(3)8-6-9-16(4)12-18(17)22-20/h9-10,17-19,21H,1,6-8,11-13H2,2-5H3/b15-10+,16-9+/t17-,18+,19+,20+/m1/s1. The van der Waals surface area contributed by atoms with Crippen molar-refractivity contribution in [2.24, 2.45) is 5.92 Å². The summed E-state index contributed by atoms with van der Waals surface area (Å²) >= 11 is 0. The number of aliphatic hydroxyl groups is 1. The number of ether oxygens (including phenoxy) is 1. The molecule has 2 aliphatic rings. The van der Waals surface area contributed by atoms with E-state index in [2.05, 4.69) is 46.4 Å². The fourth-order valence-corrected chi connectivity index (χ4v) is 3.73. The minimum Gasteiger partial charge on any atom is -0.390 e. The predicted octanol–water partition coefficient (Wildman–Crippen LogP) is 4.94. The third-order valence-electron chi connectivity index (χ3n) is 5.37. The Labute approximate surface area is 136 Å². The van der Waals surface area contributed by atoms with Gasteiger partial charge in [0.2, 0.25) is 0 Å². The van der Waals surface area contributed by atoms with Crippen molar-refractivity contribution in [2.75, 3.05) is 0 Å². The van der Waals surface area contributed by atoms with Crippen LogP contribution in [-0.2, 0) is 4.74 Å². The first kappa shape index (κ1) is 17.5. The van der Waals surface area contributed by atoms with E-state index < -0.39 is 11.7 Å². The average Bonchev–Trinajstić information content (AvgIpc) is 2.41. The topological polar surface area (TPSA) is 29.5 Å². The van der Waals surface area contributed by atoms with E-state index in [1.165, 1.54) is 11.1 Å². The summed E-state index contributed by atoms with van der Waals surface area (Å²) in [4.78, 5) is 0. The Morgan fingerprint density at radius 3 is 2.64 bits per heavy atom. The Morgan fingerprint density at radius 1 is 1.27 bits per heavy atom. The zero-order valence-corrected chi connectivity index (χ0v) is 14.7. The molecule has 0 aliphatic carbocycles. The van der Waals surface area contributed by atoms with Crippen molar-refractivity contribution in [3.05, 3.63) is 35.5 Å². The molecule has 22 heavy (non-hydrogen) atoms. The van der Waals surface area contributed by atoms with Gasteiger partial charge in [0.05, 0.1) is 17.8 Å². The average molecular weight is 304 g/mol. The summed E-state index contributed by atoms with van der Waals surface area (Å²) in [7, 11) is 0. The van der Waals surface area contributed by atoms with E-state index >= 15 is 0 Å². The van der Waals surface area contributed by atoms with E-state index in [1.54, 1.807) is 0 Å². The van der Waals surface area contributed by atoms with Crippen LogP contribution in [0.15, 0.2) is 35.5 Å². The molecular weight excluding hydrogens is 272 g/mol. The molecule has 1 N–H and O–H groups in total. The molecule has 0 amide bonds. The molecule has 124 valence electrons. The monoisotopic (exact) mass is 304 g/mol. The molecule has 2 rings (SSSR count). The molecule has 4 atom stereocenters.